The fourth-order valence-corrected chi connectivity index (χ4v) is 2.48. The second kappa shape index (κ2) is 4.43. The highest BCUT2D eigenvalue weighted by Gasteiger charge is 2.23. The summed E-state index contributed by atoms with van der Waals surface area (Å²) >= 11 is 4.37. The van der Waals surface area contributed by atoms with Gasteiger partial charge in [-0.25, -0.2) is 8.78 Å². The van der Waals surface area contributed by atoms with Crippen LogP contribution < -0.4 is 0 Å². The topological polar surface area (TPSA) is 56.0 Å². The summed E-state index contributed by atoms with van der Waals surface area (Å²) in [6.45, 7) is 0. The first-order valence-electron chi connectivity index (χ1n) is 3.22. The van der Waals surface area contributed by atoms with Gasteiger partial charge in [-0.1, -0.05) is 0 Å². The maximum Gasteiger partial charge on any atom is 0.365 e. The molecule has 0 atom stereocenters. The van der Waals surface area contributed by atoms with Gasteiger partial charge in [0.25, 0.3) is 6.43 Å². The molecule has 0 spiro atoms. The summed E-state index contributed by atoms with van der Waals surface area (Å²) in [5, 5.41) is 10.3. The summed E-state index contributed by atoms with van der Waals surface area (Å²) in [6.07, 6.45) is -2.70. The quantitative estimate of drug-likeness (QED) is 0.343. The van der Waals surface area contributed by atoms with Crippen molar-refractivity contribution in [2.24, 2.45) is 0 Å². The Balaban J connectivity index is 3.32. The van der Waals surface area contributed by atoms with Crippen molar-refractivity contribution in [2.45, 2.75) is 6.43 Å². The van der Waals surface area contributed by atoms with E-state index < -0.39 is 17.2 Å². The molecule has 0 saturated carbocycles. The van der Waals surface area contributed by atoms with Gasteiger partial charge in [0.1, 0.15) is 0 Å². The molecule has 1 aromatic heterocycles. The molecule has 0 fully saturated rings. The molecule has 0 bridgehead atoms. The van der Waals surface area contributed by atoms with Crippen molar-refractivity contribution >= 4 is 44.3 Å². The Morgan fingerprint density at radius 3 is 2.57 bits per heavy atom. The highest BCUT2D eigenvalue weighted by Crippen LogP contribution is 2.32. The van der Waals surface area contributed by atoms with Crippen molar-refractivity contribution < 1.29 is 13.7 Å². The van der Waals surface area contributed by atoms with Gasteiger partial charge in [-0.15, -0.1) is 0 Å². The van der Waals surface area contributed by atoms with Crippen LogP contribution >= 0.6 is 38.5 Å². The van der Waals surface area contributed by atoms with Crippen molar-refractivity contribution in [3.05, 3.63) is 29.9 Å². The van der Waals surface area contributed by atoms with Gasteiger partial charge in [0.15, 0.2) is 0 Å². The minimum atomic E-state index is -2.70. The van der Waals surface area contributed by atoms with Crippen LogP contribution in [0.4, 0.5) is 14.6 Å². The molecule has 0 aliphatic carbocycles. The second-order valence-electron chi connectivity index (χ2n) is 2.22. The van der Waals surface area contributed by atoms with Gasteiger partial charge in [0.2, 0.25) is 4.60 Å². The van der Waals surface area contributed by atoms with E-state index in [9.17, 15) is 18.9 Å². The van der Waals surface area contributed by atoms with Gasteiger partial charge in [0, 0.05) is 25.6 Å². The van der Waals surface area contributed by atoms with Crippen LogP contribution in [0.25, 0.3) is 0 Å². The predicted molar refractivity (Wildman–Crippen MR) is 56.3 cm³/mol. The molecule has 4 nitrogen and oxygen atoms in total. The Morgan fingerprint density at radius 2 is 2.21 bits per heavy atom. The van der Waals surface area contributed by atoms with E-state index >= 15 is 0 Å². The van der Waals surface area contributed by atoms with E-state index in [2.05, 4.69) is 20.9 Å². The largest absolute Gasteiger partial charge is 0.365 e. The summed E-state index contributed by atoms with van der Waals surface area (Å²) in [7, 11) is 0. The summed E-state index contributed by atoms with van der Waals surface area (Å²) in [5.74, 6) is -0.453. The molecule has 76 valence electrons. The number of halogens is 4. The van der Waals surface area contributed by atoms with Crippen LogP contribution in [0.2, 0.25) is 0 Å². The first-order valence-corrected chi connectivity index (χ1v) is 5.09. The van der Waals surface area contributed by atoms with Gasteiger partial charge >= 0.3 is 5.82 Å². The van der Waals surface area contributed by atoms with Gasteiger partial charge in [0.05, 0.1) is 5.56 Å². The average Bonchev–Trinajstić information content (AvgIpc) is 2.01. The third-order valence-electron chi connectivity index (χ3n) is 1.35. The standard InChI is InChI=1S/C6H2BrF2IN2O2/c7-5-4(6(8)9)2(10)1-3(11-5)12(13)14/h1,6H. The predicted octanol–water partition coefficient (Wildman–Crippen LogP) is 3.29. The summed E-state index contributed by atoms with van der Waals surface area (Å²) < 4.78 is 24.7. The Hall–Kier alpha value is -0.380. The van der Waals surface area contributed by atoms with E-state index in [0.717, 1.165) is 6.07 Å². The molecule has 1 rings (SSSR count). The second-order valence-corrected chi connectivity index (χ2v) is 4.14. The molecule has 1 aromatic rings. The van der Waals surface area contributed by atoms with E-state index in [-0.39, 0.29) is 13.7 Å². The van der Waals surface area contributed by atoms with Crippen LogP contribution in [0.5, 0.6) is 0 Å². The number of nitro groups is 1. The number of rotatable bonds is 2. The normalized spacial score (nSPS) is 10.6. The van der Waals surface area contributed by atoms with Crippen LogP contribution in [-0.4, -0.2) is 9.91 Å². The molecule has 0 N–H and O–H groups in total. The van der Waals surface area contributed by atoms with Crippen molar-refractivity contribution in [2.75, 3.05) is 0 Å². The molecule has 0 unspecified atom stereocenters. The lowest BCUT2D eigenvalue weighted by Gasteiger charge is -2.02. The van der Waals surface area contributed by atoms with E-state index in [1.54, 1.807) is 22.6 Å². The Bertz CT molecular complexity index is 365. The summed E-state index contributed by atoms with van der Waals surface area (Å²) in [6, 6.07) is 1.01. The van der Waals surface area contributed by atoms with E-state index in [1.165, 1.54) is 0 Å². The monoisotopic (exact) mass is 378 g/mol. The molecule has 0 amide bonds. The zero-order chi connectivity index (χ0) is 10.9. The smallest absolute Gasteiger partial charge is 0.358 e. The molecule has 0 aromatic carbocycles. The molecular weight excluding hydrogens is 377 g/mol. The molecule has 0 aliphatic rings. The first-order chi connectivity index (χ1) is 6.43. The minimum absolute atomic E-state index is 0.117. The van der Waals surface area contributed by atoms with Gasteiger partial charge < -0.3 is 10.1 Å². The van der Waals surface area contributed by atoms with Crippen molar-refractivity contribution in [1.82, 2.24) is 4.98 Å². The molecular formula is C6H2BrF2IN2O2. The number of nitrogens with zero attached hydrogens (tertiary/aromatic N) is 2. The Morgan fingerprint density at radius 1 is 1.64 bits per heavy atom. The molecule has 0 saturated heterocycles. The van der Waals surface area contributed by atoms with Crippen molar-refractivity contribution in [3.63, 3.8) is 0 Å². The van der Waals surface area contributed by atoms with Crippen molar-refractivity contribution in [3.8, 4) is 0 Å². The van der Waals surface area contributed by atoms with Crippen LogP contribution in [0.1, 0.15) is 12.0 Å². The highest BCUT2D eigenvalue weighted by atomic mass is 127. The lowest BCUT2D eigenvalue weighted by molar-refractivity contribution is -0.389. The number of hydrogen-bond acceptors (Lipinski definition) is 3. The van der Waals surface area contributed by atoms with E-state index in [4.69, 9.17) is 0 Å². The highest BCUT2D eigenvalue weighted by molar-refractivity contribution is 14.1. The number of hydrogen-bond donors (Lipinski definition) is 0. The third kappa shape index (κ3) is 2.35. The minimum Gasteiger partial charge on any atom is -0.358 e. The Labute approximate surface area is 99.1 Å². The van der Waals surface area contributed by atoms with Crippen molar-refractivity contribution in [1.29, 1.82) is 0 Å². The number of alkyl halides is 2. The van der Waals surface area contributed by atoms with Crippen LogP contribution in [-0.2, 0) is 0 Å². The lowest BCUT2D eigenvalue weighted by atomic mass is 10.3. The molecule has 0 aliphatic heterocycles. The zero-order valence-corrected chi connectivity index (χ0v) is 10.1. The number of aromatic nitrogens is 1. The SMILES string of the molecule is O=[N+]([O-])c1cc(I)c(C(F)F)c(Br)n1. The van der Waals surface area contributed by atoms with Crippen LogP contribution in [0, 0.1) is 13.7 Å². The van der Waals surface area contributed by atoms with Gasteiger partial charge in [-0.2, -0.15) is 0 Å². The van der Waals surface area contributed by atoms with Gasteiger partial charge in [-0.3, -0.25) is 0 Å². The molecule has 0 radical (unpaired) electrons. The summed E-state index contributed by atoms with van der Waals surface area (Å²) in [5.41, 5.74) is -0.323. The third-order valence-corrected chi connectivity index (χ3v) is 2.85. The molecule has 1 heterocycles. The van der Waals surface area contributed by atoms with E-state index in [1.807, 2.05) is 0 Å². The maximum absolute atomic E-state index is 12.4. The fourth-order valence-electron chi connectivity index (χ4n) is 0.771. The maximum atomic E-state index is 12.4. The molecule has 14 heavy (non-hydrogen) atoms. The lowest BCUT2D eigenvalue weighted by Crippen LogP contribution is -1.99. The number of pyridine rings is 1. The van der Waals surface area contributed by atoms with Crippen LogP contribution in [0.15, 0.2) is 10.7 Å². The average molecular weight is 379 g/mol. The fraction of sp³-hybridized carbons (Fsp3) is 0.167. The zero-order valence-electron chi connectivity index (χ0n) is 6.38. The van der Waals surface area contributed by atoms with E-state index in [0.29, 0.717) is 0 Å². The van der Waals surface area contributed by atoms with Crippen LogP contribution in [0.3, 0.4) is 0 Å². The first kappa shape index (κ1) is 11.7. The molecule has 8 heteroatoms. The Kier molecular flexibility index (Phi) is 3.70. The summed E-state index contributed by atoms with van der Waals surface area (Å²) in [4.78, 5) is 13.0. The van der Waals surface area contributed by atoms with Gasteiger partial charge in [-0.05, 0) is 32.5 Å².